The summed E-state index contributed by atoms with van der Waals surface area (Å²) in [5, 5.41) is 0. The molecule has 1 saturated heterocycles. The molecule has 0 amide bonds. The largest absolute Gasteiger partial charge is 0.369 e. The molecule has 1 heterocycles. The maximum Gasteiger partial charge on any atom is 0.165 e. The van der Waals surface area contributed by atoms with Crippen molar-refractivity contribution >= 4 is 11.5 Å². The lowest BCUT2D eigenvalue weighted by Gasteiger charge is -2.40. The SMILES string of the molecule is O=C(c1ccc(N2CCN(C(c3ccccc3)c3ccccc3)CC2)cc1)C1CC1. The molecule has 5 rings (SSSR count). The van der Waals surface area contributed by atoms with Crippen LogP contribution >= 0.6 is 0 Å². The second kappa shape index (κ2) is 8.45. The van der Waals surface area contributed by atoms with E-state index >= 15 is 0 Å². The molecule has 0 unspecified atom stereocenters. The number of hydrogen-bond acceptors (Lipinski definition) is 3. The number of nitrogens with zero attached hydrogens (tertiary/aromatic N) is 2. The maximum absolute atomic E-state index is 12.3. The first-order valence-electron chi connectivity index (χ1n) is 11.0. The van der Waals surface area contributed by atoms with E-state index in [9.17, 15) is 4.79 Å². The quantitative estimate of drug-likeness (QED) is 0.536. The number of Topliss-reactive ketones (excluding diaryl/α,β-unsaturated/α-hetero) is 1. The summed E-state index contributed by atoms with van der Waals surface area (Å²) in [6, 6.07) is 30.2. The summed E-state index contributed by atoms with van der Waals surface area (Å²) in [4.78, 5) is 17.3. The summed E-state index contributed by atoms with van der Waals surface area (Å²) < 4.78 is 0. The third-order valence-electron chi connectivity index (χ3n) is 6.38. The number of piperazine rings is 1. The summed E-state index contributed by atoms with van der Waals surface area (Å²) in [6.07, 6.45) is 2.12. The van der Waals surface area contributed by atoms with Crippen molar-refractivity contribution in [2.75, 3.05) is 31.1 Å². The van der Waals surface area contributed by atoms with Crippen LogP contribution in [0.2, 0.25) is 0 Å². The highest BCUT2D eigenvalue weighted by molar-refractivity contribution is 5.99. The van der Waals surface area contributed by atoms with Crippen LogP contribution in [0, 0.1) is 5.92 Å². The van der Waals surface area contributed by atoms with Crippen LogP contribution in [0.4, 0.5) is 5.69 Å². The highest BCUT2D eigenvalue weighted by atomic mass is 16.1. The Balaban J connectivity index is 1.29. The van der Waals surface area contributed by atoms with Crippen molar-refractivity contribution in [2.45, 2.75) is 18.9 Å². The zero-order valence-corrected chi connectivity index (χ0v) is 17.3. The van der Waals surface area contributed by atoms with E-state index in [1.165, 1.54) is 16.8 Å². The first-order chi connectivity index (χ1) is 14.8. The molecule has 3 aromatic carbocycles. The lowest BCUT2D eigenvalue weighted by atomic mass is 9.96. The second-order valence-electron chi connectivity index (χ2n) is 8.43. The van der Waals surface area contributed by atoms with Crippen molar-refractivity contribution in [3.05, 3.63) is 102 Å². The van der Waals surface area contributed by atoms with E-state index in [-0.39, 0.29) is 12.0 Å². The zero-order chi connectivity index (χ0) is 20.3. The molecule has 2 fully saturated rings. The van der Waals surface area contributed by atoms with Gasteiger partial charge in [-0.3, -0.25) is 9.69 Å². The third-order valence-corrected chi connectivity index (χ3v) is 6.38. The van der Waals surface area contributed by atoms with Gasteiger partial charge in [0.15, 0.2) is 5.78 Å². The number of carbonyl (C=O) groups excluding carboxylic acids is 1. The predicted molar refractivity (Wildman–Crippen MR) is 122 cm³/mol. The smallest absolute Gasteiger partial charge is 0.165 e. The fourth-order valence-electron chi connectivity index (χ4n) is 4.54. The average molecular weight is 397 g/mol. The zero-order valence-electron chi connectivity index (χ0n) is 17.3. The molecule has 0 spiro atoms. The molecule has 0 aromatic heterocycles. The number of carbonyl (C=O) groups is 1. The minimum Gasteiger partial charge on any atom is -0.369 e. The monoisotopic (exact) mass is 396 g/mol. The van der Waals surface area contributed by atoms with E-state index in [0.717, 1.165) is 44.6 Å². The summed E-state index contributed by atoms with van der Waals surface area (Å²) >= 11 is 0. The Bertz CT molecular complexity index is 933. The molecule has 3 heteroatoms. The number of hydrogen-bond donors (Lipinski definition) is 0. The number of rotatable bonds is 6. The highest BCUT2D eigenvalue weighted by Gasteiger charge is 2.30. The van der Waals surface area contributed by atoms with E-state index < -0.39 is 0 Å². The lowest BCUT2D eigenvalue weighted by Crippen LogP contribution is -2.48. The molecule has 1 saturated carbocycles. The highest BCUT2D eigenvalue weighted by Crippen LogP contribution is 2.33. The molecular weight excluding hydrogens is 368 g/mol. The van der Waals surface area contributed by atoms with Crippen LogP contribution in [0.3, 0.4) is 0 Å². The first kappa shape index (κ1) is 19.1. The Morgan fingerprint density at radius 1 is 0.700 bits per heavy atom. The Kier molecular flexibility index (Phi) is 5.37. The number of ketones is 1. The molecule has 1 aliphatic carbocycles. The van der Waals surface area contributed by atoms with Gasteiger partial charge in [0.25, 0.3) is 0 Å². The summed E-state index contributed by atoms with van der Waals surface area (Å²) in [6.45, 7) is 4.01. The summed E-state index contributed by atoms with van der Waals surface area (Å²) in [5.74, 6) is 0.604. The van der Waals surface area contributed by atoms with Crippen LogP contribution in [-0.4, -0.2) is 36.9 Å². The van der Waals surface area contributed by atoms with Crippen molar-refractivity contribution in [3.63, 3.8) is 0 Å². The minimum absolute atomic E-state index is 0.285. The van der Waals surface area contributed by atoms with Crippen LogP contribution in [0.1, 0.15) is 40.4 Å². The third kappa shape index (κ3) is 4.03. The van der Waals surface area contributed by atoms with Crippen LogP contribution in [-0.2, 0) is 0 Å². The molecular formula is C27H28N2O. The molecule has 2 aliphatic rings. The van der Waals surface area contributed by atoms with Gasteiger partial charge in [-0.1, -0.05) is 60.7 Å². The fourth-order valence-corrected chi connectivity index (χ4v) is 4.54. The van der Waals surface area contributed by atoms with Gasteiger partial charge in [-0.15, -0.1) is 0 Å². The molecule has 3 aromatic rings. The van der Waals surface area contributed by atoms with E-state index in [4.69, 9.17) is 0 Å². The van der Waals surface area contributed by atoms with Crippen LogP contribution in [0.25, 0.3) is 0 Å². The maximum atomic E-state index is 12.3. The van der Waals surface area contributed by atoms with Crippen molar-refractivity contribution in [3.8, 4) is 0 Å². The molecule has 30 heavy (non-hydrogen) atoms. The van der Waals surface area contributed by atoms with Crippen molar-refractivity contribution in [1.82, 2.24) is 4.90 Å². The van der Waals surface area contributed by atoms with Crippen LogP contribution < -0.4 is 4.90 Å². The molecule has 0 atom stereocenters. The molecule has 152 valence electrons. The Labute approximate surface area is 178 Å². The van der Waals surface area contributed by atoms with E-state index in [1.54, 1.807) is 0 Å². The molecule has 3 nitrogen and oxygen atoms in total. The first-order valence-corrected chi connectivity index (χ1v) is 11.0. The van der Waals surface area contributed by atoms with Gasteiger partial charge in [0.1, 0.15) is 0 Å². The van der Waals surface area contributed by atoms with Crippen LogP contribution in [0.15, 0.2) is 84.9 Å². The predicted octanol–water partition coefficient (Wildman–Crippen LogP) is 5.19. The number of anilines is 1. The molecule has 0 N–H and O–H groups in total. The van der Waals surface area contributed by atoms with Gasteiger partial charge in [0.2, 0.25) is 0 Å². The topological polar surface area (TPSA) is 23.6 Å². The normalized spacial score (nSPS) is 17.3. The summed E-state index contributed by atoms with van der Waals surface area (Å²) in [5.41, 5.74) is 4.78. The van der Waals surface area contributed by atoms with Crippen LogP contribution in [0.5, 0.6) is 0 Å². The van der Waals surface area contributed by atoms with Gasteiger partial charge in [-0.05, 0) is 48.2 Å². The van der Waals surface area contributed by atoms with E-state index in [2.05, 4.69) is 82.6 Å². The van der Waals surface area contributed by atoms with E-state index in [1.807, 2.05) is 12.1 Å². The lowest BCUT2D eigenvalue weighted by molar-refractivity contribution is 0.0967. The minimum atomic E-state index is 0.285. The number of benzene rings is 3. The summed E-state index contributed by atoms with van der Waals surface area (Å²) in [7, 11) is 0. The molecule has 0 radical (unpaired) electrons. The average Bonchev–Trinajstić information content (AvgIpc) is 3.67. The Morgan fingerprint density at radius 2 is 1.23 bits per heavy atom. The standard InChI is InChI=1S/C27H28N2O/c30-27(23-11-12-23)24-13-15-25(16-14-24)28-17-19-29(20-18-28)26(21-7-3-1-4-8-21)22-9-5-2-6-10-22/h1-10,13-16,23,26H,11-12,17-20H2. The molecule has 1 aliphatic heterocycles. The van der Waals surface area contributed by atoms with Gasteiger partial charge < -0.3 is 4.90 Å². The Hall–Kier alpha value is -2.91. The van der Waals surface area contributed by atoms with Crippen molar-refractivity contribution in [2.24, 2.45) is 5.92 Å². The van der Waals surface area contributed by atoms with Crippen molar-refractivity contribution in [1.29, 1.82) is 0 Å². The van der Waals surface area contributed by atoms with Gasteiger partial charge in [0, 0.05) is 43.3 Å². The van der Waals surface area contributed by atoms with E-state index in [0.29, 0.717) is 5.78 Å². The Morgan fingerprint density at radius 3 is 1.73 bits per heavy atom. The second-order valence-corrected chi connectivity index (χ2v) is 8.43. The fraction of sp³-hybridized carbons (Fsp3) is 0.296. The molecule has 0 bridgehead atoms. The van der Waals surface area contributed by atoms with Gasteiger partial charge in [0.05, 0.1) is 6.04 Å². The van der Waals surface area contributed by atoms with Crippen molar-refractivity contribution < 1.29 is 4.79 Å². The van der Waals surface area contributed by atoms with Gasteiger partial charge in [-0.25, -0.2) is 0 Å². The van der Waals surface area contributed by atoms with Gasteiger partial charge >= 0.3 is 0 Å². The van der Waals surface area contributed by atoms with Gasteiger partial charge in [-0.2, -0.15) is 0 Å².